The fourth-order valence-electron chi connectivity index (χ4n) is 2.15. The van der Waals surface area contributed by atoms with Gasteiger partial charge in [0, 0.05) is 5.56 Å². The van der Waals surface area contributed by atoms with Crippen LogP contribution >= 0.6 is 12.6 Å². The fourth-order valence-corrected chi connectivity index (χ4v) is 2.40. The smallest absolute Gasteiger partial charge is 0.256 e. The van der Waals surface area contributed by atoms with Gasteiger partial charge < -0.3 is 14.6 Å². The Morgan fingerprint density at radius 3 is 2.58 bits per heavy atom. The SMILES string of the molecule is [C-]#[N+]c1c(OCC)nc(S)c(C#N)c1-c1ccc(OCCO)cc1. The van der Waals surface area contributed by atoms with Crippen molar-refractivity contribution in [1.29, 1.82) is 5.26 Å². The standard InChI is InChI=1S/C17H15N3O3S/c1-3-22-16-15(19-2)14(13(10-18)17(24)20-16)11-4-6-12(7-5-11)23-9-8-21/h4-7,21H,3,8-9H2,1H3,(H,20,24). The van der Waals surface area contributed by atoms with Crippen molar-refractivity contribution in [2.75, 3.05) is 19.8 Å². The van der Waals surface area contributed by atoms with E-state index in [1.165, 1.54) is 0 Å². The average Bonchev–Trinajstić information content (AvgIpc) is 2.60. The van der Waals surface area contributed by atoms with Crippen LogP contribution in [0.2, 0.25) is 0 Å². The number of pyridine rings is 1. The third kappa shape index (κ3) is 3.60. The van der Waals surface area contributed by atoms with Crippen LogP contribution in [-0.4, -0.2) is 29.9 Å². The molecule has 0 fully saturated rings. The van der Waals surface area contributed by atoms with E-state index < -0.39 is 0 Å². The second-order valence-corrected chi connectivity index (χ2v) is 5.02. The molecule has 1 N–H and O–H groups in total. The lowest BCUT2D eigenvalue weighted by Gasteiger charge is -2.13. The molecule has 7 heteroatoms. The van der Waals surface area contributed by atoms with Gasteiger partial charge in [0.2, 0.25) is 5.88 Å². The second-order valence-electron chi connectivity index (χ2n) is 4.59. The van der Waals surface area contributed by atoms with Crippen LogP contribution in [0.4, 0.5) is 5.69 Å². The predicted molar refractivity (Wildman–Crippen MR) is 91.7 cm³/mol. The molecule has 0 aliphatic rings. The van der Waals surface area contributed by atoms with E-state index in [4.69, 9.17) is 21.2 Å². The van der Waals surface area contributed by atoms with Gasteiger partial charge in [0.05, 0.1) is 25.3 Å². The summed E-state index contributed by atoms with van der Waals surface area (Å²) >= 11 is 4.24. The first-order valence-corrected chi connectivity index (χ1v) is 7.62. The van der Waals surface area contributed by atoms with Gasteiger partial charge in [-0.2, -0.15) is 5.26 Å². The molecule has 6 nitrogen and oxygen atoms in total. The fraction of sp³-hybridized carbons (Fsp3) is 0.235. The highest BCUT2D eigenvalue weighted by Crippen LogP contribution is 2.42. The monoisotopic (exact) mass is 341 g/mol. The number of aliphatic hydroxyl groups excluding tert-OH is 1. The van der Waals surface area contributed by atoms with Gasteiger partial charge in [-0.3, -0.25) is 0 Å². The molecule has 1 aromatic heterocycles. The summed E-state index contributed by atoms with van der Waals surface area (Å²) in [5.41, 5.74) is 1.49. The minimum absolute atomic E-state index is 0.0761. The first-order valence-electron chi connectivity index (χ1n) is 7.17. The van der Waals surface area contributed by atoms with E-state index in [-0.39, 0.29) is 35.4 Å². The van der Waals surface area contributed by atoms with Crippen LogP contribution in [0.1, 0.15) is 12.5 Å². The minimum Gasteiger partial charge on any atom is -0.491 e. The van der Waals surface area contributed by atoms with Crippen molar-refractivity contribution in [1.82, 2.24) is 4.98 Å². The Labute approximate surface area is 145 Å². The Bertz CT molecular complexity index is 808. The summed E-state index contributed by atoms with van der Waals surface area (Å²) in [5.74, 6) is 0.743. The maximum absolute atomic E-state index is 9.44. The summed E-state index contributed by atoms with van der Waals surface area (Å²) in [6.07, 6.45) is 0. The van der Waals surface area contributed by atoms with E-state index in [0.29, 0.717) is 23.5 Å². The molecule has 1 heterocycles. The molecule has 1 aromatic carbocycles. The van der Waals surface area contributed by atoms with Crippen molar-refractivity contribution < 1.29 is 14.6 Å². The topological polar surface area (TPSA) is 79.7 Å². The molecule has 0 saturated heterocycles. The van der Waals surface area contributed by atoms with Gasteiger partial charge in [-0.15, -0.1) is 12.6 Å². The van der Waals surface area contributed by atoms with Crippen molar-refractivity contribution >= 4 is 18.3 Å². The summed E-state index contributed by atoms with van der Waals surface area (Å²) in [6.45, 7) is 9.71. The summed E-state index contributed by atoms with van der Waals surface area (Å²) in [4.78, 5) is 7.60. The quantitative estimate of drug-likeness (QED) is 0.623. The van der Waals surface area contributed by atoms with Gasteiger partial charge in [-0.1, -0.05) is 12.1 Å². The van der Waals surface area contributed by atoms with Crippen LogP contribution < -0.4 is 9.47 Å². The van der Waals surface area contributed by atoms with E-state index in [1.807, 2.05) is 0 Å². The highest BCUT2D eigenvalue weighted by atomic mass is 32.1. The lowest BCUT2D eigenvalue weighted by atomic mass is 10.00. The minimum atomic E-state index is -0.0761. The molecule has 0 amide bonds. The molecule has 2 aromatic rings. The maximum atomic E-state index is 9.44. The van der Waals surface area contributed by atoms with E-state index in [0.717, 1.165) is 0 Å². The number of thiol groups is 1. The summed E-state index contributed by atoms with van der Waals surface area (Å²) < 4.78 is 10.7. The number of rotatable bonds is 6. The van der Waals surface area contributed by atoms with E-state index >= 15 is 0 Å². The average molecular weight is 341 g/mol. The van der Waals surface area contributed by atoms with Crippen molar-refractivity contribution in [3.05, 3.63) is 41.2 Å². The molecule has 0 aliphatic carbocycles. The molecule has 0 aliphatic heterocycles. The first-order chi connectivity index (χ1) is 11.7. The summed E-state index contributed by atoms with van der Waals surface area (Å²) in [5, 5.41) is 18.4. The van der Waals surface area contributed by atoms with Crippen molar-refractivity contribution in [3.8, 4) is 28.8 Å². The number of hydrogen-bond donors (Lipinski definition) is 2. The number of aliphatic hydroxyl groups is 1. The first kappa shape index (κ1) is 17.6. The second kappa shape index (κ2) is 8.21. The zero-order chi connectivity index (χ0) is 17.5. The van der Waals surface area contributed by atoms with E-state index in [1.54, 1.807) is 31.2 Å². The van der Waals surface area contributed by atoms with Crippen LogP contribution in [-0.2, 0) is 0 Å². The number of benzene rings is 1. The van der Waals surface area contributed by atoms with Gasteiger partial charge in [0.25, 0.3) is 5.69 Å². The van der Waals surface area contributed by atoms with Crippen molar-refractivity contribution in [2.45, 2.75) is 11.9 Å². The molecule has 0 bridgehead atoms. The zero-order valence-corrected chi connectivity index (χ0v) is 13.9. The number of nitrogens with zero attached hydrogens (tertiary/aromatic N) is 3. The lowest BCUT2D eigenvalue weighted by molar-refractivity contribution is 0.201. The lowest BCUT2D eigenvalue weighted by Crippen LogP contribution is -2.01. The van der Waals surface area contributed by atoms with Crippen molar-refractivity contribution in [3.63, 3.8) is 0 Å². The van der Waals surface area contributed by atoms with Crippen LogP contribution in [0.5, 0.6) is 11.6 Å². The Kier molecular flexibility index (Phi) is 6.02. The number of ether oxygens (including phenoxy) is 2. The number of hydrogen-bond acceptors (Lipinski definition) is 6. The molecule has 24 heavy (non-hydrogen) atoms. The van der Waals surface area contributed by atoms with Crippen LogP contribution in [0.25, 0.3) is 16.0 Å². The summed E-state index contributed by atoms with van der Waals surface area (Å²) in [7, 11) is 0. The molecular formula is C17H15N3O3S. The van der Waals surface area contributed by atoms with E-state index in [9.17, 15) is 5.26 Å². The molecule has 0 unspecified atom stereocenters. The normalized spacial score (nSPS) is 9.88. The van der Waals surface area contributed by atoms with E-state index in [2.05, 4.69) is 28.5 Å². The third-order valence-electron chi connectivity index (χ3n) is 3.13. The van der Waals surface area contributed by atoms with Crippen molar-refractivity contribution in [2.24, 2.45) is 0 Å². The Balaban J connectivity index is 2.59. The number of aromatic nitrogens is 1. The van der Waals surface area contributed by atoms with Gasteiger partial charge in [0.15, 0.2) is 0 Å². The molecule has 0 spiro atoms. The Morgan fingerprint density at radius 1 is 1.33 bits per heavy atom. The van der Waals surface area contributed by atoms with Crippen LogP contribution in [0, 0.1) is 17.9 Å². The Morgan fingerprint density at radius 2 is 2.04 bits per heavy atom. The molecule has 122 valence electrons. The largest absolute Gasteiger partial charge is 0.491 e. The van der Waals surface area contributed by atoms with Crippen LogP contribution in [0.15, 0.2) is 29.3 Å². The highest BCUT2D eigenvalue weighted by Gasteiger charge is 2.21. The molecule has 0 radical (unpaired) electrons. The van der Waals surface area contributed by atoms with Gasteiger partial charge in [-0.05, 0) is 24.6 Å². The highest BCUT2D eigenvalue weighted by molar-refractivity contribution is 7.80. The van der Waals surface area contributed by atoms with Gasteiger partial charge >= 0.3 is 0 Å². The predicted octanol–water partition coefficient (Wildman–Crippen LogP) is 3.23. The number of nitriles is 1. The molecule has 2 rings (SSSR count). The third-order valence-corrected chi connectivity index (χ3v) is 3.45. The van der Waals surface area contributed by atoms with Gasteiger partial charge in [-0.25, -0.2) is 9.83 Å². The van der Waals surface area contributed by atoms with Gasteiger partial charge in [0.1, 0.15) is 23.5 Å². The zero-order valence-electron chi connectivity index (χ0n) is 13.0. The van der Waals surface area contributed by atoms with Crippen LogP contribution in [0.3, 0.4) is 0 Å². The molecule has 0 atom stereocenters. The summed E-state index contributed by atoms with van der Waals surface area (Å²) in [6, 6.07) is 8.94. The Hall–Kier alpha value is -2.74. The molecular weight excluding hydrogens is 326 g/mol. The molecule has 0 saturated carbocycles. The maximum Gasteiger partial charge on any atom is 0.256 e.